The molecule has 0 saturated carbocycles. The van der Waals surface area contributed by atoms with Gasteiger partial charge in [-0.2, -0.15) is 0 Å². The largest absolute Gasteiger partial charge is 0.320 e. The minimum absolute atomic E-state index is 0.0164. The number of Topliss-reactive ketones (excluding diaryl/α,β-unsaturated/α-hetero) is 2. The van der Waals surface area contributed by atoms with Crippen LogP contribution in [0.15, 0.2) is 36.4 Å². The molecule has 0 saturated heterocycles. The first-order chi connectivity index (χ1) is 9.50. The van der Waals surface area contributed by atoms with Crippen molar-refractivity contribution in [2.75, 3.05) is 0 Å². The summed E-state index contributed by atoms with van der Waals surface area (Å²) in [6, 6.07) is 10.9. The molecular formula is C17H15NO2. The highest BCUT2D eigenvalue weighted by molar-refractivity contribution is 6.04. The minimum atomic E-state index is -0.279. The minimum Gasteiger partial charge on any atom is -0.320 e. The number of fused-ring (bicyclic) bond motifs is 3. The molecule has 1 unspecified atom stereocenters. The molecule has 20 heavy (non-hydrogen) atoms. The summed E-state index contributed by atoms with van der Waals surface area (Å²) in [6.07, 6.45) is 0. The van der Waals surface area contributed by atoms with Crippen molar-refractivity contribution < 1.29 is 9.59 Å². The molecule has 2 aromatic carbocycles. The molecule has 3 heteroatoms. The molecule has 0 aliphatic heterocycles. The molecule has 2 N–H and O–H groups in total. The maximum atomic E-state index is 11.8. The molecule has 0 spiro atoms. The highest BCUT2D eigenvalue weighted by Crippen LogP contribution is 2.44. The summed E-state index contributed by atoms with van der Waals surface area (Å²) < 4.78 is 0. The highest BCUT2D eigenvalue weighted by atomic mass is 16.1. The fourth-order valence-corrected chi connectivity index (χ4v) is 2.86. The predicted octanol–water partition coefficient (Wildman–Crippen LogP) is 3.12. The molecule has 100 valence electrons. The van der Waals surface area contributed by atoms with Crippen molar-refractivity contribution >= 4 is 11.6 Å². The SMILES string of the molecule is CC(=O)c1ccc2c(c1)C(N)c1cccc(C(C)=O)c1-2. The van der Waals surface area contributed by atoms with E-state index in [0.717, 1.165) is 22.3 Å². The second-order valence-electron chi connectivity index (χ2n) is 5.16. The Morgan fingerprint density at radius 1 is 1.00 bits per heavy atom. The number of benzene rings is 2. The van der Waals surface area contributed by atoms with Crippen LogP contribution in [0.3, 0.4) is 0 Å². The van der Waals surface area contributed by atoms with Crippen LogP contribution in [-0.2, 0) is 0 Å². The maximum Gasteiger partial charge on any atom is 0.160 e. The normalized spacial score (nSPS) is 15.7. The van der Waals surface area contributed by atoms with Crippen LogP contribution in [0, 0.1) is 0 Å². The lowest BCUT2D eigenvalue weighted by molar-refractivity contribution is 0.100. The summed E-state index contributed by atoms with van der Waals surface area (Å²) in [5, 5.41) is 0. The Balaban J connectivity index is 2.29. The molecule has 1 atom stereocenters. The first kappa shape index (κ1) is 12.8. The van der Waals surface area contributed by atoms with Gasteiger partial charge in [0.15, 0.2) is 11.6 Å². The van der Waals surface area contributed by atoms with Crippen molar-refractivity contribution in [2.45, 2.75) is 19.9 Å². The average Bonchev–Trinajstić information content (AvgIpc) is 2.72. The van der Waals surface area contributed by atoms with E-state index >= 15 is 0 Å². The Hall–Kier alpha value is -2.26. The second kappa shape index (κ2) is 4.39. The Morgan fingerprint density at radius 2 is 1.75 bits per heavy atom. The lowest BCUT2D eigenvalue weighted by Gasteiger charge is -2.07. The van der Waals surface area contributed by atoms with E-state index in [1.54, 1.807) is 13.0 Å². The Bertz CT molecular complexity index is 747. The zero-order valence-electron chi connectivity index (χ0n) is 11.4. The van der Waals surface area contributed by atoms with E-state index in [0.29, 0.717) is 11.1 Å². The van der Waals surface area contributed by atoms with Crippen LogP contribution in [-0.4, -0.2) is 11.6 Å². The van der Waals surface area contributed by atoms with Gasteiger partial charge < -0.3 is 5.73 Å². The zero-order valence-corrected chi connectivity index (χ0v) is 11.4. The fraction of sp³-hybridized carbons (Fsp3) is 0.176. The monoisotopic (exact) mass is 265 g/mol. The Kier molecular flexibility index (Phi) is 2.80. The number of nitrogens with two attached hydrogens (primary N) is 1. The van der Waals surface area contributed by atoms with Crippen molar-refractivity contribution in [3.05, 3.63) is 58.7 Å². The summed E-state index contributed by atoms with van der Waals surface area (Å²) in [5.41, 5.74) is 11.4. The van der Waals surface area contributed by atoms with Crippen LogP contribution in [0.2, 0.25) is 0 Å². The van der Waals surface area contributed by atoms with Crippen molar-refractivity contribution in [3.63, 3.8) is 0 Å². The van der Waals surface area contributed by atoms with Crippen molar-refractivity contribution in [1.29, 1.82) is 0 Å². The highest BCUT2D eigenvalue weighted by Gasteiger charge is 2.29. The molecule has 0 fully saturated rings. The van der Waals surface area contributed by atoms with E-state index in [9.17, 15) is 9.59 Å². The van der Waals surface area contributed by atoms with Gasteiger partial charge in [0.25, 0.3) is 0 Å². The van der Waals surface area contributed by atoms with Crippen molar-refractivity contribution in [3.8, 4) is 11.1 Å². The van der Waals surface area contributed by atoms with Crippen molar-refractivity contribution in [2.24, 2.45) is 5.73 Å². The number of rotatable bonds is 2. The number of hydrogen-bond acceptors (Lipinski definition) is 3. The Morgan fingerprint density at radius 3 is 2.40 bits per heavy atom. The van der Waals surface area contributed by atoms with E-state index in [-0.39, 0.29) is 17.6 Å². The second-order valence-corrected chi connectivity index (χ2v) is 5.16. The van der Waals surface area contributed by atoms with Crippen LogP contribution < -0.4 is 5.73 Å². The van der Waals surface area contributed by atoms with Gasteiger partial charge in [-0.15, -0.1) is 0 Å². The first-order valence-corrected chi connectivity index (χ1v) is 6.55. The summed E-state index contributed by atoms with van der Waals surface area (Å²) in [7, 11) is 0. The smallest absolute Gasteiger partial charge is 0.160 e. The predicted molar refractivity (Wildman–Crippen MR) is 77.9 cm³/mol. The van der Waals surface area contributed by atoms with Gasteiger partial charge in [-0.05, 0) is 42.2 Å². The molecular weight excluding hydrogens is 250 g/mol. The molecule has 0 radical (unpaired) electrons. The van der Waals surface area contributed by atoms with Crippen LogP contribution in [0.1, 0.15) is 51.7 Å². The quantitative estimate of drug-likeness (QED) is 0.849. The van der Waals surface area contributed by atoms with E-state index in [1.807, 2.05) is 30.3 Å². The molecule has 3 nitrogen and oxygen atoms in total. The molecule has 3 rings (SSSR count). The van der Waals surface area contributed by atoms with Gasteiger partial charge in [-0.3, -0.25) is 9.59 Å². The van der Waals surface area contributed by atoms with Crippen LogP contribution in [0.4, 0.5) is 0 Å². The lowest BCUT2D eigenvalue weighted by Crippen LogP contribution is -2.09. The third kappa shape index (κ3) is 1.71. The van der Waals surface area contributed by atoms with Gasteiger partial charge in [-0.1, -0.05) is 30.3 Å². The molecule has 2 aromatic rings. The molecule has 0 heterocycles. The Labute approximate surface area is 117 Å². The van der Waals surface area contributed by atoms with E-state index < -0.39 is 0 Å². The third-order valence-electron chi connectivity index (χ3n) is 3.87. The number of carbonyl (C=O) groups excluding carboxylic acids is 2. The number of ketones is 2. The topological polar surface area (TPSA) is 60.2 Å². The maximum absolute atomic E-state index is 11.8. The van der Waals surface area contributed by atoms with E-state index in [1.165, 1.54) is 6.92 Å². The van der Waals surface area contributed by atoms with Crippen LogP contribution in [0.5, 0.6) is 0 Å². The summed E-state index contributed by atoms with van der Waals surface area (Å²) in [4.78, 5) is 23.3. The number of hydrogen-bond donors (Lipinski definition) is 1. The summed E-state index contributed by atoms with van der Waals surface area (Å²) in [6.45, 7) is 3.10. The van der Waals surface area contributed by atoms with Crippen molar-refractivity contribution in [1.82, 2.24) is 0 Å². The van der Waals surface area contributed by atoms with Gasteiger partial charge in [0.2, 0.25) is 0 Å². The van der Waals surface area contributed by atoms with E-state index in [2.05, 4.69) is 0 Å². The van der Waals surface area contributed by atoms with Gasteiger partial charge in [0.1, 0.15) is 0 Å². The molecule has 0 amide bonds. The van der Waals surface area contributed by atoms with E-state index in [4.69, 9.17) is 5.73 Å². The first-order valence-electron chi connectivity index (χ1n) is 6.55. The molecule has 0 bridgehead atoms. The standard InChI is InChI=1S/C17H15NO2/c1-9(19)11-6-7-13-15(8-11)17(18)14-5-3-4-12(10(2)20)16(13)14/h3-8,17H,18H2,1-2H3. The summed E-state index contributed by atoms with van der Waals surface area (Å²) in [5.74, 6) is 0.0419. The lowest BCUT2D eigenvalue weighted by atomic mass is 9.96. The third-order valence-corrected chi connectivity index (χ3v) is 3.87. The van der Waals surface area contributed by atoms with Gasteiger partial charge in [-0.25, -0.2) is 0 Å². The molecule has 0 aromatic heterocycles. The van der Waals surface area contributed by atoms with Gasteiger partial charge in [0.05, 0.1) is 6.04 Å². The molecule has 1 aliphatic carbocycles. The molecule has 1 aliphatic rings. The average molecular weight is 265 g/mol. The van der Waals surface area contributed by atoms with Crippen LogP contribution >= 0.6 is 0 Å². The van der Waals surface area contributed by atoms with Crippen LogP contribution in [0.25, 0.3) is 11.1 Å². The fourth-order valence-electron chi connectivity index (χ4n) is 2.86. The zero-order chi connectivity index (χ0) is 14.4. The summed E-state index contributed by atoms with van der Waals surface area (Å²) >= 11 is 0. The van der Waals surface area contributed by atoms with Gasteiger partial charge in [0, 0.05) is 11.1 Å². The number of carbonyl (C=O) groups is 2. The van der Waals surface area contributed by atoms with Gasteiger partial charge >= 0.3 is 0 Å².